The highest BCUT2D eigenvalue weighted by Crippen LogP contribution is 2.30. The summed E-state index contributed by atoms with van der Waals surface area (Å²) in [5.74, 6) is -0.362. The van der Waals surface area contributed by atoms with Crippen molar-refractivity contribution in [2.45, 2.75) is 51.5 Å². The maximum atomic E-state index is 12.3. The van der Waals surface area contributed by atoms with E-state index in [0.29, 0.717) is 6.42 Å². The lowest BCUT2D eigenvalue weighted by atomic mass is 9.98. The second kappa shape index (κ2) is 6.54. The number of hydrogen-bond acceptors (Lipinski definition) is 3. The molecule has 1 aromatic heterocycles. The number of amides is 2. The summed E-state index contributed by atoms with van der Waals surface area (Å²) >= 11 is 0. The van der Waals surface area contributed by atoms with Gasteiger partial charge in [0, 0.05) is 13.0 Å². The molecular formula is C14H22N4O2. The van der Waals surface area contributed by atoms with Crippen molar-refractivity contribution in [2.24, 2.45) is 5.73 Å². The zero-order valence-electron chi connectivity index (χ0n) is 11.9. The first-order valence-corrected chi connectivity index (χ1v) is 7.28. The monoisotopic (exact) mass is 278 g/mol. The molecule has 0 aromatic carbocycles. The highest BCUT2D eigenvalue weighted by atomic mass is 16.2. The van der Waals surface area contributed by atoms with Crippen molar-refractivity contribution in [1.82, 2.24) is 15.1 Å². The van der Waals surface area contributed by atoms with E-state index >= 15 is 0 Å². The van der Waals surface area contributed by atoms with Gasteiger partial charge in [0.2, 0.25) is 5.91 Å². The quantitative estimate of drug-likeness (QED) is 0.859. The van der Waals surface area contributed by atoms with Crippen LogP contribution in [0.4, 0.5) is 0 Å². The van der Waals surface area contributed by atoms with Gasteiger partial charge >= 0.3 is 0 Å². The van der Waals surface area contributed by atoms with Crippen LogP contribution in [0, 0.1) is 0 Å². The number of aromatic nitrogens is 2. The van der Waals surface area contributed by atoms with Crippen LogP contribution in [0.5, 0.6) is 0 Å². The molecule has 0 saturated carbocycles. The Morgan fingerprint density at radius 3 is 2.95 bits per heavy atom. The molecule has 3 N–H and O–H groups in total. The van der Waals surface area contributed by atoms with E-state index in [0.717, 1.165) is 44.3 Å². The SMILES string of the molecule is CCCCC(=O)N1CCCCC1c1cc(C(N)=O)n[nH]1. The molecule has 2 amide bonds. The van der Waals surface area contributed by atoms with E-state index in [1.165, 1.54) is 0 Å². The number of rotatable bonds is 5. The summed E-state index contributed by atoms with van der Waals surface area (Å²) in [4.78, 5) is 25.3. The molecule has 0 aliphatic carbocycles. The van der Waals surface area contributed by atoms with Crippen LogP contribution in [0.15, 0.2) is 6.07 Å². The van der Waals surface area contributed by atoms with Crippen molar-refractivity contribution >= 4 is 11.8 Å². The lowest BCUT2D eigenvalue weighted by Gasteiger charge is -2.35. The Bertz CT molecular complexity index is 483. The van der Waals surface area contributed by atoms with Crippen LogP contribution < -0.4 is 5.73 Å². The van der Waals surface area contributed by atoms with Gasteiger partial charge in [0.25, 0.3) is 5.91 Å². The number of aromatic amines is 1. The van der Waals surface area contributed by atoms with E-state index in [2.05, 4.69) is 17.1 Å². The van der Waals surface area contributed by atoms with Crippen LogP contribution in [0.25, 0.3) is 0 Å². The van der Waals surface area contributed by atoms with Crippen LogP contribution in [0.1, 0.15) is 67.7 Å². The number of H-pyrrole nitrogens is 1. The summed E-state index contributed by atoms with van der Waals surface area (Å²) in [5, 5.41) is 6.76. The molecular weight excluding hydrogens is 256 g/mol. The van der Waals surface area contributed by atoms with E-state index in [1.807, 2.05) is 4.90 Å². The van der Waals surface area contributed by atoms with Gasteiger partial charge in [-0.05, 0) is 31.7 Å². The van der Waals surface area contributed by atoms with Gasteiger partial charge in [-0.25, -0.2) is 0 Å². The van der Waals surface area contributed by atoms with Crippen molar-refractivity contribution in [3.8, 4) is 0 Å². The number of piperidine rings is 1. The molecule has 1 fully saturated rings. The van der Waals surface area contributed by atoms with E-state index < -0.39 is 5.91 Å². The Balaban J connectivity index is 2.13. The first kappa shape index (κ1) is 14.6. The highest BCUT2D eigenvalue weighted by Gasteiger charge is 2.29. The Labute approximate surface area is 118 Å². The largest absolute Gasteiger partial charge is 0.364 e. The zero-order chi connectivity index (χ0) is 14.5. The second-order valence-electron chi connectivity index (χ2n) is 5.28. The molecule has 0 radical (unpaired) electrons. The van der Waals surface area contributed by atoms with Crippen molar-refractivity contribution in [1.29, 1.82) is 0 Å². The summed E-state index contributed by atoms with van der Waals surface area (Å²) in [5.41, 5.74) is 6.25. The van der Waals surface area contributed by atoms with Gasteiger partial charge in [-0.2, -0.15) is 5.10 Å². The molecule has 1 unspecified atom stereocenters. The molecule has 110 valence electrons. The van der Waals surface area contributed by atoms with E-state index in [1.54, 1.807) is 6.07 Å². The summed E-state index contributed by atoms with van der Waals surface area (Å²) in [7, 11) is 0. The molecule has 1 aliphatic heterocycles. The maximum Gasteiger partial charge on any atom is 0.269 e. The van der Waals surface area contributed by atoms with Crippen molar-refractivity contribution in [3.05, 3.63) is 17.5 Å². The molecule has 20 heavy (non-hydrogen) atoms. The fourth-order valence-electron chi connectivity index (χ4n) is 2.66. The molecule has 0 bridgehead atoms. The van der Waals surface area contributed by atoms with Gasteiger partial charge in [-0.15, -0.1) is 0 Å². The van der Waals surface area contributed by atoms with Crippen molar-refractivity contribution in [3.63, 3.8) is 0 Å². The molecule has 1 atom stereocenters. The van der Waals surface area contributed by atoms with Gasteiger partial charge in [0.1, 0.15) is 5.69 Å². The number of nitrogens with zero attached hydrogens (tertiary/aromatic N) is 2. The van der Waals surface area contributed by atoms with E-state index in [-0.39, 0.29) is 17.6 Å². The highest BCUT2D eigenvalue weighted by molar-refractivity contribution is 5.90. The first-order chi connectivity index (χ1) is 9.63. The number of hydrogen-bond donors (Lipinski definition) is 2. The Kier molecular flexibility index (Phi) is 4.76. The third-order valence-electron chi connectivity index (χ3n) is 3.78. The maximum absolute atomic E-state index is 12.3. The smallest absolute Gasteiger partial charge is 0.269 e. The molecule has 0 spiro atoms. The molecule has 2 rings (SSSR count). The number of carbonyl (C=O) groups excluding carboxylic acids is 2. The van der Waals surface area contributed by atoms with Crippen molar-refractivity contribution < 1.29 is 9.59 Å². The standard InChI is InChI=1S/C14H22N4O2/c1-2-3-7-13(19)18-8-5-4-6-12(18)10-9-11(14(15)20)17-16-10/h9,12H,2-8H2,1H3,(H2,15,20)(H,16,17). The molecule has 1 aliphatic rings. The third kappa shape index (κ3) is 3.18. The lowest BCUT2D eigenvalue weighted by molar-refractivity contribution is -0.135. The van der Waals surface area contributed by atoms with Crippen LogP contribution >= 0.6 is 0 Å². The average Bonchev–Trinajstić information content (AvgIpc) is 2.94. The number of nitrogens with two attached hydrogens (primary N) is 1. The van der Waals surface area contributed by atoms with Crippen LogP contribution in [0.2, 0.25) is 0 Å². The third-order valence-corrected chi connectivity index (χ3v) is 3.78. The zero-order valence-corrected chi connectivity index (χ0v) is 11.9. The van der Waals surface area contributed by atoms with Gasteiger partial charge in [-0.3, -0.25) is 14.7 Å². The number of carbonyl (C=O) groups is 2. The Hall–Kier alpha value is -1.85. The minimum atomic E-state index is -0.549. The number of nitrogens with one attached hydrogen (secondary N) is 1. The number of primary amides is 1. The van der Waals surface area contributed by atoms with Crippen molar-refractivity contribution in [2.75, 3.05) is 6.54 Å². The summed E-state index contributed by atoms with van der Waals surface area (Å²) in [6.07, 6.45) is 5.53. The Morgan fingerprint density at radius 1 is 1.50 bits per heavy atom. The minimum absolute atomic E-state index is 0.00583. The lowest BCUT2D eigenvalue weighted by Crippen LogP contribution is -2.38. The Morgan fingerprint density at radius 2 is 2.30 bits per heavy atom. The minimum Gasteiger partial charge on any atom is -0.364 e. The van der Waals surface area contributed by atoms with Crippen LogP contribution in [-0.4, -0.2) is 33.5 Å². The van der Waals surface area contributed by atoms with Gasteiger partial charge in [-0.1, -0.05) is 13.3 Å². The second-order valence-corrected chi connectivity index (χ2v) is 5.28. The fourth-order valence-corrected chi connectivity index (χ4v) is 2.66. The summed E-state index contributed by atoms with van der Waals surface area (Å²) in [6, 6.07) is 1.66. The predicted molar refractivity (Wildman–Crippen MR) is 74.9 cm³/mol. The molecule has 1 saturated heterocycles. The van der Waals surface area contributed by atoms with Crippen LogP contribution in [0.3, 0.4) is 0 Å². The molecule has 6 nitrogen and oxygen atoms in total. The fraction of sp³-hybridized carbons (Fsp3) is 0.643. The number of unbranched alkanes of at least 4 members (excludes halogenated alkanes) is 1. The van der Waals surface area contributed by atoms with E-state index in [4.69, 9.17) is 5.73 Å². The van der Waals surface area contributed by atoms with Gasteiger partial charge in [0.05, 0.1) is 11.7 Å². The van der Waals surface area contributed by atoms with Crippen LogP contribution in [-0.2, 0) is 4.79 Å². The molecule has 2 heterocycles. The summed E-state index contributed by atoms with van der Waals surface area (Å²) in [6.45, 7) is 2.85. The first-order valence-electron chi connectivity index (χ1n) is 7.28. The number of likely N-dealkylation sites (tertiary alicyclic amines) is 1. The molecule has 6 heteroatoms. The van der Waals surface area contributed by atoms with E-state index in [9.17, 15) is 9.59 Å². The average molecular weight is 278 g/mol. The topological polar surface area (TPSA) is 92.1 Å². The summed E-state index contributed by atoms with van der Waals surface area (Å²) < 4.78 is 0. The normalized spacial score (nSPS) is 19.1. The predicted octanol–water partition coefficient (Wildman–Crippen LogP) is 1.75. The van der Waals surface area contributed by atoms with Gasteiger partial charge < -0.3 is 10.6 Å². The van der Waals surface area contributed by atoms with Gasteiger partial charge in [0.15, 0.2) is 0 Å². The molecule has 1 aromatic rings.